The molecule has 0 saturated heterocycles. The van der Waals surface area contributed by atoms with Gasteiger partial charge in [-0.3, -0.25) is 4.72 Å². The zero-order chi connectivity index (χ0) is 13.1. The van der Waals surface area contributed by atoms with Gasteiger partial charge in [0, 0.05) is 0 Å². The number of aromatic nitrogens is 2. The van der Waals surface area contributed by atoms with Crippen LogP contribution in [0.5, 0.6) is 0 Å². The Bertz CT molecular complexity index is 535. The molecule has 0 aromatic carbocycles. The van der Waals surface area contributed by atoms with Gasteiger partial charge in [-0.2, -0.15) is 5.26 Å². The number of rotatable bonds is 4. The number of halogens is 2. The second-order valence-corrected chi connectivity index (χ2v) is 5.58. The van der Waals surface area contributed by atoms with Gasteiger partial charge in [0.2, 0.25) is 10.0 Å². The molecule has 1 unspecified atom stereocenters. The van der Waals surface area contributed by atoms with E-state index < -0.39 is 15.3 Å². The summed E-state index contributed by atoms with van der Waals surface area (Å²) in [6.07, 6.45) is 1.25. The van der Waals surface area contributed by atoms with E-state index in [9.17, 15) is 8.42 Å². The molecule has 0 fully saturated rings. The van der Waals surface area contributed by atoms with E-state index in [2.05, 4.69) is 14.7 Å². The van der Waals surface area contributed by atoms with Gasteiger partial charge in [0.1, 0.15) is 12.0 Å². The lowest BCUT2D eigenvalue weighted by Crippen LogP contribution is -2.26. The molecule has 1 atom stereocenters. The van der Waals surface area contributed by atoms with Crippen LogP contribution < -0.4 is 4.72 Å². The van der Waals surface area contributed by atoms with E-state index in [0.717, 1.165) is 6.33 Å². The lowest BCUT2D eigenvalue weighted by Gasteiger charge is -2.12. The van der Waals surface area contributed by atoms with Crippen molar-refractivity contribution >= 4 is 38.9 Å². The fourth-order valence-corrected chi connectivity index (χ4v) is 2.74. The Labute approximate surface area is 109 Å². The zero-order valence-corrected chi connectivity index (χ0v) is 11.0. The van der Waals surface area contributed by atoms with Gasteiger partial charge in [-0.25, -0.2) is 18.4 Å². The van der Waals surface area contributed by atoms with Crippen molar-refractivity contribution < 1.29 is 8.42 Å². The lowest BCUT2D eigenvalue weighted by molar-refractivity contribution is 0.592. The Balaban J connectivity index is 3.12. The van der Waals surface area contributed by atoms with Crippen LogP contribution in [0.15, 0.2) is 6.33 Å². The van der Waals surface area contributed by atoms with Crippen LogP contribution in [0.2, 0.25) is 10.3 Å². The summed E-state index contributed by atoms with van der Waals surface area (Å²) < 4.78 is 25.6. The summed E-state index contributed by atoms with van der Waals surface area (Å²) in [5.41, 5.74) is -0.121. The Kier molecular flexibility index (Phi) is 4.51. The normalized spacial score (nSPS) is 12.8. The first-order chi connectivity index (χ1) is 7.92. The van der Waals surface area contributed by atoms with Crippen LogP contribution >= 0.6 is 23.2 Å². The van der Waals surface area contributed by atoms with E-state index in [1.165, 1.54) is 0 Å². The highest BCUT2D eigenvalue weighted by molar-refractivity contribution is 7.93. The molecule has 1 heterocycles. The molecule has 92 valence electrons. The van der Waals surface area contributed by atoms with Crippen LogP contribution in [0.4, 0.5) is 5.69 Å². The molecule has 1 aromatic heterocycles. The molecular formula is C8H8Cl2N4O2S. The molecule has 1 aromatic rings. The average molecular weight is 295 g/mol. The largest absolute Gasteiger partial charge is 0.276 e. The van der Waals surface area contributed by atoms with Crippen LogP contribution in [0.25, 0.3) is 0 Å². The molecule has 0 spiro atoms. The van der Waals surface area contributed by atoms with Crippen LogP contribution in [-0.2, 0) is 10.0 Å². The average Bonchev–Trinajstić information content (AvgIpc) is 2.25. The molecule has 17 heavy (non-hydrogen) atoms. The lowest BCUT2D eigenvalue weighted by atomic mass is 10.4. The van der Waals surface area contributed by atoms with Crippen molar-refractivity contribution in [2.24, 2.45) is 0 Å². The first kappa shape index (κ1) is 14.0. The Morgan fingerprint density at radius 2 is 2.00 bits per heavy atom. The first-order valence-electron chi connectivity index (χ1n) is 4.49. The third-order valence-corrected chi connectivity index (χ3v) is 4.14. The Morgan fingerprint density at radius 3 is 2.41 bits per heavy atom. The van der Waals surface area contributed by atoms with Crippen molar-refractivity contribution in [1.29, 1.82) is 5.26 Å². The van der Waals surface area contributed by atoms with Gasteiger partial charge in [-0.15, -0.1) is 0 Å². The van der Waals surface area contributed by atoms with Gasteiger partial charge < -0.3 is 0 Å². The highest BCUT2D eigenvalue weighted by atomic mass is 35.5. The second kappa shape index (κ2) is 5.49. The summed E-state index contributed by atoms with van der Waals surface area (Å²) in [7, 11) is -3.88. The van der Waals surface area contributed by atoms with Crippen molar-refractivity contribution in [3.05, 3.63) is 16.6 Å². The van der Waals surface area contributed by atoms with E-state index in [0.29, 0.717) is 0 Å². The minimum absolute atomic E-state index is 0.121. The van der Waals surface area contributed by atoms with Crippen molar-refractivity contribution in [2.75, 3.05) is 4.72 Å². The molecule has 0 bridgehead atoms. The van der Waals surface area contributed by atoms with Crippen molar-refractivity contribution in [3.63, 3.8) is 0 Å². The molecule has 1 rings (SSSR count). The van der Waals surface area contributed by atoms with Crippen LogP contribution in [0.1, 0.15) is 13.3 Å². The minimum atomic E-state index is -3.88. The van der Waals surface area contributed by atoms with Gasteiger partial charge in [-0.05, 0) is 6.42 Å². The standard InChI is InChI=1S/C8H8Cl2N4O2S/c1-2-5(3-11)17(15,16)14-6-7(9)12-4-13-8(6)10/h4-5,14H,2H2,1H3. The summed E-state index contributed by atoms with van der Waals surface area (Å²) >= 11 is 11.4. The third kappa shape index (κ3) is 3.19. The smallest absolute Gasteiger partial charge is 0.249 e. The molecule has 6 nitrogen and oxygen atoms in total. The molecule has 0 amide bonds. The van der Waals surface area contributed by atoms with Gasteiger partial charge in [-0.1, -0.05) is 30.1 Å². The minimum Gasteiger partial charge on any atom is -0.276 e. The summed E-state index contributed by atoms with van der Waals surface area (Å²) in [5.74, 6) is 0. The number of anilines is 1. The Hall–Kier alpha value is -1.10. The number of nitrogens with one attached hydrogen (secondary N) is 1. The predicted octanol–water partition coefficient (Wildman–Crippen LogP) is 1.83. The van der Waals surface area contributed by atoms with Crippen LogP contribution in [-0.4, -0.2) is 23.6 Å². The van der Waals surface area contributed by atoms with Gasteiger partial charge in [0.25, 0.3) is 0 Å². The van der Waals surface area contributed by atoms with Gasteiger partial charge in [0.15, 0.2) is 15.6 Å². The molecule has 1 N–H and O–H groups in total. The molecule has 9 heteroatoms. The topological polar surface area (TPSA) is 95.7 Å². The number of nitriles is 1. The maximum absolute atomic E-state index is 11.8. The SMILES string of the molecule is CCC(C#N)S(=O)(=O)Nc1c(Cl)ncnc1Cl. The number of hydrogen-bond donors (Lipinski definition) is 1. The summed E-state index contributed by atoms with van der Waals surface area (Å²) in [6, 6.07) is 1.67. The number of nitrogens with zero attached hydrogens (tertiary/aromatic N) is 3. The van der Waals surface area contributed by atoms with Crippen molar-refractivity contribution in [2.45, 2.75) is 18.6 Å². The quantitative estimate of drug-likeness (QED) is 0.855. The van der Waals surface area contributed by atoms with E-state index in [-0.39, 0.29) is 22.4 Å². The maximum atomic E-state index is 11.8. The molecule has 0 aliphatic carbocycles. The van der Waals surface area contributed by atoms with Gasteiger partial charge >= 0.3 is 0 Å². The summed E-state index contributed by atoms with van der Waals surface area (Å²) in [4.78, 5) is 7.19. The fourth-order valence-electron chi connectivity index (χ4n) is 1.02. The molecule has 0 saturated carbocycles. The van der Waals surface area contributed by atoms with E-state index in [4.69, 9.17) is 28.5 Å². The van der Waals surface area contributed by atoms with E-state index in [1.54, 1.807) is 13.0 Å². The summed E-state index contributed by atoms with van der Waals surface area (Å²) in [5, 5.41) is 7.28. The number of sulfonamides is 1. The Morgan fingerprint density at radius 1 is 1.47 bits per heavy atom. The van der Waals surface area contributed by atoms with E-state index in [1.807, 2.05) is 0 Å². The highest BCUT2D eigenvalue weighted by Crippen LogP contribution is 2.27. The molecule has 0 aliphatic heterocycles. The van der Waals surface area contributed by atoms with Crippen LogP contribution in [0, 0.1) is 11.3 Å². The zero-order valence-electron chi connectivity index (χ0n) is 8.68. The van der Waals surface area contributed by atoms with E-state index >= 15 is 0 Å². The van der Waals surface area contributed by atoms with Crippen LogP contribution in [0.3, 0.4) is 0 Å². The molecule has 0 aliphatic rings. The monoisotopic (exact) mass is 294 g/mol. The van der Waals surface area contributed by atoms with Gasteiger partial charge in [0.05, 0.1) is 6.07 Å². The predicted molar refractivity (Wildman–Crippen MR) is 64.3 cm³/mol. The molecular weight excluding hydrogens is 287 g/mol. The molecule has 0 radical (unpaired) electrons. The first-order valence-corrected chi connectivity index (χ1v) is 6.79. The maximum Gasteiger partial charge on any atom is 0.249 e. The van der Waals surface area contributed by atoms with Crippen molar-refractivity contribution in [3.8, 4) is 6.07 Å². The highest BCUT2D eigenvalue weighted by Gasteiger charge is 2.25. The van der Waals surface area contributed by atoms with Crippen molar-refractivity contribution in [1.82, 2.24) is 9.97 Å². The fraction of sp³-hybridized carbons (Fsp3) is 0.375. The second-order valence-electron chi connectivity index (χ2n) is 3.00. The third-order valence-electron chi connectivity index (χ3n) is 1.89. The summed E-state index contributed by atoms with van der Waals surface area (Å²) in [6.45, 7) is 1.58. The number of hydrogen-bond acceptors (Lipinski definition) is 5.